The molecule has 0 amide bonds. The summed E-state index contributed by atoms with van der Waals surface area (Å²) in [5, 5.41) is 8.23. The first-order valence-electron chi connectivity index (χ1n) is 3.17. The molecule has 1 aromatic rings. The summed E-state index contributed by atoms with van der Waals surface area (Å²) in [7, 11) is 0. The Labute approximate surface area is 66.7 Å². The van der Waals surface area contributed by atoms with Gasteiger partial charge in [-0.1, -0.05) is 0 Å². The van der Waals surface area contributed by atoms with Crippen LogP contribution < -0.4 is 0 Å². The second-order valence-corrected chi connectivity index (χ2v) is 2.22. The molecule has 0 aliphatic rings. The van der Waals surface area contributed by atoms with Gasteiger partial charge in [0.05, 0.1) is 0 Å². The summed E-state index contributed by atoms with van der Waals surface area (Å²) in [4.78, 5) is 3.23. The van der Waals surface area contributed by atoms with Crippen LogP contribution in [-0.2, 0) is 5.92 Å². The molecule has 0 radical (unpaired) electrons. The Balaban J connectivity index is 3.03. The molecule has 0 spiro atoms. The zero-order valence-electron chi connectivity index (χ0n) is 5.97. The molecule has 0 aromatic carbocycles. The van der Waals surface area contributed by atoms with Gasteiger partial charge < -0.3 is 5.11 Å². The highest BCUT2D eigenvalue weighted by atomic mass is 19.3. The van der Waals surface area contributed by atoms with Crippen LogP contribution in [0.5, 0.6) is 0 Å². The van der Waals surface area contributed by atoms with E-state index in [0.717, 1.165) is 12.3 Å². The molecular weight excluding hydrogens is 171 g/mol. The molecule has 66 valence electrons. The van der Waals surface area contributed by atoms with Crippen molar-refractivity contribution in [2.75, 3.05) is 6.61 Å². The number of hydrogen-bond donors (Lipinski definition) is 1. The summed E-state index contributed by atoms with van der Waals surface area (Å²) in [5.74, 6) is -4.27. The van der Waals surface area contributed by atoms with Crippen molar-refractivity contribution in [1.29, 1.82) is 0 Å². The summed E-state index contributed by atoms with van der Waals surface area (Å²) in [6, 6.07) is 1.55. The molecule has 1 rings (SSSR count). The number of pyridine rings is 1. The zero-order chi connectivity index (χ0) is 9.19. The summed E-state index contributed by atoms with van der Waals surface area (Å²) < 4.78 is 37.6. The van der Waals surface area contributed by atoms with E-state index in [1.54, 1.807) is 0 Å². The molecule has 1 heterocycles. The molecule has 0 unspecified atom stereocenters. The number of alkyl halides is 2. The van der Waals surface area contributed by atoms with E-state index in [2.05, 4.69) is 4.98 Å². The van der Waals surface area contributed by atoms with Gasteiger partial charge in [-0.05, 0) is 6.07 Å². The normalized spacial score (nSPS) is 11.7. The van der Waals surface area contributed by atoms with Crippen LogP contribution in [0, 0.1) is 5.82 Å². The highest BCUT2D eigenvalue weighted by molar-refractivity contribution is 5.11. The summed E-state index contributed by atoms with van der Waals surface area (Å²) in [6.07, 6.45) is 0.925. The zero-order valence-corrected chi connectivity index (χ0v) is 5.97. The molecule has 5 heteroatoms. The first-order chi connectivity index (χ1) is 5.56. The van der Waals surface area contributed by atoms with Crippen molar-refractivity contribution in [1.82, 2.24) is 4.98 Å². The molecule has 2 nitrogen and oxygen atoms in total. The Morgan fingerprint density at radius 2 is 2.17 bits per heavy atom. The Kier molecular flexibility index (Phi) is 2.32. The van der Waals surface area contributed by atoms with Crippen molar-refractivity contribution in [3.63, 3.8) is 0 Å². The van der Waals surface area contributed by atoms with Gasteiger partial charge in [0.1, 0.15) is 18.1 Å². The van der Waals surface area contributed by atoms with Crippen molar-refractivity contribution < 1.29 is 18.3 Å². The lowest BCUT2D eigenvalue weighted by Gasteiger charge is -2.11. The minimum absolute atomic E-state index is 0.593. The van der Waals surface area contributed by atoms with Gasteiger partial charge in [0, 0.05) is 12.3 Å². The van der Waals surface area contributed by atoms with Crippen LogP contribution in [0.4, 0.5) is 13.2 Å². The second-order valence-electron chi connectivity index (χ2n) is 2.22. The van der Waals surface area contributed by atoms with Crippen molar-refractivity contribution in [3.8, 4) is 0 Å². The van der Waals surface area contributed by atoms with Crippen molar-refractivity contribution >= 4 is 0 Å². The minimum atomic E-state index is -3.47. The van der Waals surface area contributed by atoms with E-state index >= 15 is 0 Å². The van der Waals surface area contributed by atoms with Crippen LogP contribution in [0.2, 0.25) is 0 Å². The SMILES string of the molecule is OCC(F)(F)c1cc(F)ccn1. The van der Waals surface area contributed by atoms with Crippen molar-refractivity contribution in [3.05, 3.63) is 29.8 Å². The van der Waals surface area contributed by atoms with E-state index < -0.39 is 24.0 Å². The Bertz CT molecular complexity index is 277. The number of aliphatic hydroxyl groups is 1. The lowest BCUT2D eigenvalue weighted by Crippen LogP contribution is -2.20. The largest absolute Gasteiger partial charge is 0.390 e. The average Bonchev–Trinajstić information content (AvgIpc) is 2.05. The monoisotopic (exact) mass is 177 g/mol. The molecular formula is C7H6F3NO. The van der Waals surface area contributed by atoms with E-state index in [1.807, 2.05) is 0 Å². The Morgan fingerprint density at radius 1 is 1.50 bits per heavy atom. The van der Waals surface area contributed by atoms with Gasteiger partial charge in [-0.25, -0.2) is 4.39 Å². The summed E-state index contributed by atoms with van der Waals surface area (Å²) in [6.45, 7) is -1.37. The predicted molar refractivity (Wildman–Crippen MR) is 35.2 cm³/mol. The molecule has 0 bridgehead atoms. The van der Waals surface area contributed by atoms with Gasteiger partial charge in [0.2, 0.25) is 0 Å². The van der Waals surface area contributed by atoms with Crippen LogP contribution in [0.25, 0.3) is 0 Å². The van der Waals surface area contributed by atoms with Crippen LogP contribution >= 0.6 is 0 Å². The third-order valence-corrected chi connectivity index (χ3v) is 1.30. The number of nitrogens with zero attached hydrogens (tertiary/aromatic N) is 1. The van der Waals surface area contributed by atoms with E-state index in [9.17, 15) is 13.2 Å². The highest BCUT2D eigenvalue weighted by Crippen LogP contribution is 2.25. The van der Waals surface area contributed by atoms with E-state index in [-0.39, 0.29) is 0 Å². The number of aliphatic hydroxyl groups excluding tert-OH is 1. The maximum absolute atomic E-state index is 12.6. The van der Waals surface area contributed by atoms with Gasteiger partial charge in [0.25, 0.3) is 0 Å². The fourth-order valence-corrected chi connectivity index (χ4v) is 0.686. The van der Waals surface area contributed by atoms with Crippen LogP contribution in [0.15, 0.2) is 18.3 Å². The maximum atomic E-state index is 12.6. The molecule has 0 aliphatic carbocycles. The molecule has 0 saturated carbocycles. The molecule has 0 saturated heterocycles. The topological polar surface area (TPSA) is 33.1 Å². The lowest BCUT2D eigenvalue weighted by molar-refractivity contribution is -0.0594. The molecule has 0 atom stereocenters. The van der Waals surface area contributed by atoms with Crippen LogP contribution in [0.1, 0.15) is 5.69 Å². The number of rotatable bonds is 2. The highest BCUT2D eigenvalue weighted by Gasteiger charge is 2.32. The molecule has 1 N–H and O–H groups in total. The van der Waals surface area contributed by atoms with Gasteiger partial charge in [0.15, 0.2) is 0 Å². The average molecular weight is 177 g/mol. The van der Waals surface area contributed by atoms with Crippen molar-refractivity contribution in [2.45, 2.75) is 5.92 Å². The third-order valence-electron chi connectivity index (χ3n) is 1.30. The first kappa shape index (κ1) is 8.99. The van der Waals surface area contributed by atoms with Crippen molar-refractivity contribution in [2.24, 2.45) is 0 Å². The molecule has 1 aromatic heterocycles. The van der Waals surface area contributed by atoms with E-state index in [1.165, 1.54) is 0 Å². The number of halogens is 3. The fraction of sp³-hybridized carbons (Fsp3) is 0.286. The predicted octanol–water partition coefficient (Wildman–Crippen LogP) is 1.30. The quantitative estimate of drug-likeness (QED) is 0.738. The second kappa shape index (κ2) is 3.10. The standard InChI is InChI=1S/C7H6F3NO/c8-5-1-2-11-6(3-5)7(9,10)4-12/h1-3,12H,4H2. The van der Waals surface area contributed by atoms with Gasteiger partial charge in [-0.2, -0.15) is 8.78 Å². The number of aromatic nitrogens is 1. The van der Waals surface area contributed by atoms with E-state index in [0.29, 0.717) is 6.07 Å². The van der Waals surface area contributed by atoms with Crippen LogP contribution in [-0.4, -0.2) is 16.7 Å². The summed E-state index contributed by atoms with van der Waals surface area (Å²) in [5.41, 5.74) is -0.759. The minimum Gasteiger partial charge on any atom is -0.390 e. The smallest absolute Gasteiger partial charge is 0.312 e. The van der Waals surface area contributed by atoms with Gasteiger partial charge in [-0.15, -0.1) is 0 Å². The van der Waals surface area contributed by atoms with E-state index in [4.69, 9.17) is 5.11 Å². The van der Waals surface area contributed by atoms with Gasteiger partial charge >= 0.3 is 5.92 Å². The third kappa shape index (κ3) is 1.73. The summed E-state index contributed by atoms with van der Waals surface area (Å²) >= 11 is 0. The Hall–Kier alpha value is -1.10. The molecule has 0 fully saturated rings. The molecule has 12 heavy (non-hydrogen) atoms. The molecule has 0 aliphatic heterocycles. The van der Waals surface area contributed by atoms with Gasteiger partial charge in [-0.3, -0.25) is 4.98 Å². The Morgan fingerprint density at radius 3 is 2.67 bits per heavy atom. The number of hydrogen-bond acceptors (Lipinski definition) is 2. The first-order valence-corrected chi connectivity index (χ1v) is 3.17. The fourth-order valence-electron chi connectivity index (χ4n) is 0.686. The van der Waals surface area contributed by atoms with Crippen LogP contribution in [0.3, 0.4) is 0 Å². The lowest BCUT2D eigenvalue weighted by atomic mass is 10.2. The maximum Gasteiger partial charge on any atom is 0.312 e.